The first-order valence-corrected chi connectivity index (χ1v) is 7.18. The molecule has 0 unspecified atom stereocenters. The predicted molar refractivity (Wildman–Crippen MR) is 38.6 cm³/mol. The Hall–Kier alpha value is 0.331. The van der Waals surface area contributed by atoms with Crippen LogP contribution in [-0.4, -0.2) is 42.0 Å². The van der Waals surface area contributed by atoms with Crippen LogP contribution < -0.4 is 0 Å². The van der Waals surface area contributed by atoms with Crippen molar-refractivity contribution in [3.8, 4) is 0 Å². The molecular formula is C2H10O4Si3. The van der Waals surface area contributed by atoms with Gasteiger partial charge in [0.2, 0.25) is 0 Å². The standard InChI is InChI=1S/C2H10O4Si3/c1-4-9(5-2,6-7)8-3/h8H,1-2,7H3. The van der Waals surface area contributed by atoms with Crippen molar-refractivity contribution in [2.45, 2.75) is 0 Å². The molecule has 0 aliphatic carbocycles. The Bertz CT molecular complexity index is 83.5. The summed E-state index contributed by atoms with van der Waals surface area (Å²) in [6, 6.07) is 0. The molecule has 0 aromatic carbocycles. The average molecular weight is 182 g/mol. The first kappa shape index (κ1) is 9.33. The highest BCUT2D eigenvalue weighted by molar-refractivity contribution is 7.09. The monoisotopic (exact) mass is 182 g/mol. The van der Waals surface area contributed by atoms with Crippen LogP contribution >= 0.6 is 0 Å². The summed E-state index contributed by atoms with van der Waals surface area (Å²) >= 11 is 0. The van der Waals surface area contributed by atoms with Crippen LogP contribution in [0.15, 0.2) is 0 Å². The molecule has 0 saturated carbocycles. The lowest BCUT2D eigenvalue weighted by Crippen LogP contribution is -2.46. The molecule has 7 heteroatoms. The van der Waals surface area contributed by atoms with Crippen LogP contribution in [0.4, 0.5) is 0 Å². The molecule has 0 aromatic heterocycles. The third-order valence-corrected chi connectivity index (χ3v) is 9.10. The van der Waals surface area contributed by atoms with Crippen molar-refractivity contribution in [1.82, 2.24) is 0 Å². The zero-order chi connectivity index (χ0) is 7.33. The van der Waals surface area contributed by atoms with Crippen LogP contribution in [-0.2, 0) is 17.4 Å². The Balaban J connectivity index is 3.98. The van der Waals surface area contributed by atoms with Gasteiger partial charge in [0.15, 0.2) is 0 Å². The van der Waals surface area contributed by atoms with Gasteiger partial charge in [-0.05, 0) is 0 Å². The zero-order valence-electron chi connectivity index (χ0n) is 5.71. The summed E-state index contributed by atoms with van der Waals surface area (Å²) in [5.41, 5.74) is 0. The second kappa shape index (κ2) is 4.19. The fourth-order valence-corrected chi connectivity index (χ4v) is 3.92. The summed E-state index contributed by atoms with van der Waals surface area (Å²) in [4.78, 5) is 0. The first-order valence-electron chi connectivity index (χ1n) is 2.36. The van der Waals surface area contributed by atoms with E-state index in [1.807, 2.05) is 0 Å². The molecule has 0 aliphatic heterocycles. The SMILES string of the molecule is CO[Si](OC)(O[SiH3])[SiH]=O. The summed E-state index contributed by atoms with van der Waals surface area (Å²) in [5.74, 6) is 0. The van der Waals surface area contributed by atoms with Crippen LogP contribution in [0.25, 0.3) is 0 Å². The van der Waals surface area contributed by atoms with E-state index in [1.165, 1.54) is 14.2 Å². The molecule has 0 fully saturated rings. The van der Waals surface area contributed by atoms with Crippen molar-refractivity contribution in [2.75, 3.05) is 14.2 Å². The van der Waals surface area contributed by atoms with Gasteiger partial charge >= 0.3 is 17.2 Å². The van der Waals surface area contributed by atoms with E-state index in [2.05, 4.69) is 0 Å². The van der Waals surface area contributed by atoms with Crippen molar-refractivity contribution < 1.29 is 17.4 Å². The molecule has 0 amide bonds. The average Bonchev–Trinajstić information content (AvgIpc) is 1.95. The topological polar surface area (TPSA) is 44.8 Å². The first-order chi connectivity index (χ1) is 4.24. The van der Waals surface area contributed by atoms with Gasteiger partial charge in [-0.3, -0.25) is 0 Å². The van der Waals surface area contributed by atoms with Gasteiger partial charge in [0, 0.05) is 14.2 Å². The maximum absolute atomic E-state index is 10.4. The highest BCUT2D eigenvalue weighted by atomic mass is 29.2. The summed E-state index contributed by atoms with van der Waals surface area (Å²) in [5, 5.41) is 0. The third-order valence-electron chi connectivity index (χ3n) is 0.998. The second-order valence-corrected chi connectivity index (χ2v) is 8.05. The van der Waals surface area contributed by atoms with Crippen molar-refractivity contribution in [2.24, 2.45) is 0 Å². The van der Waals surface area contributed by atoms with Gasteiger partial charge in [-0.15, -0.1) is 0 Å². The van der Waals surface area contributed by atoms with Crippen LogP contribution in [0.3, 0.4) is 0 Å². The van der Waals surface area contributed by atoms with E-state index in [0.717, 1.165) is 0 Å². The van der Waals surface area contributed by atoms with Gasteiger partial charge in [-0.25, -0.2) is 0 Å². The van der Waals surface area contributed by atoms with Gasteiger partial charge in [-0.2, -0.15) is 0 Å². The molecule has 0 aromatic rings. The minimum atomic E-state index is -2.60. The lowest BCUT2D eigenvalue weighted by atomic mass is 11.8. The molecule has 0 N–H and O–H groups in total. The van der Waals surface area contributed by atoms with E-state index in [9.17, 15) is 4.46 Å². The number of hydrogen-bond donors (Lipinski definition) is 0. The predicted octanol–water partition coefficient (Wildman–Crippen LogP) is -2.21. The maximum Gasteiger partial charge on any atom is 0.526 e. The third kappa shape index (κ3) is 2.20. The van der Waals surface area contributed by atoms with Crippen molar-refractivity contribution >= 4 is 27.7 Å². The van der Waals surface area contributed by atoms with Crippen LogP contribution in [0, 0.1) is 0 Å². The molecule has 4 nitrogen and oxygen atoms in total. The van der Waals surface area contributed by atoms with E-state index in [-0.39, 0.29) is 0 Å². The molecule has 0 heterocycles. The molecule has 0 saturated heterocycles. The Morgan fingerprint density at radius 3 is 1.89 bits per heavy atom. The summed E-state index contributed by atoms with van der Waals surface area (Å²) < 4.78 is 25.1. The Labute approximate surface area is 60.1 Å². The molecule has 0 radical (unpaired) electrons. The lowest BCUT2D eigenvalue weighted by molar-refractivity contribution is 0.190. The fourth-order valence-electron chi connectivity index (χ4n) is 0.394. The van der Waals surface area contributed by atoms with Crippen molar-refractivity contribution in [3.63, 3.8) is 0 Å². The van der Waals surface area contributed by atoms with E-state index in [0.29, 0.717) is 10.5 Å². The van der Waals surface area contributed by atoms with E-state index >= 15 is 0 Å². The highest BCUT2D eigenvalue weighted by Crippen LogP contribution is 1.98. The molecule has 9 heavy (non-hydrogen) atoms. The number of hydrogen-bond acceptors (Lipinski definition) is 4. The summed E-state index contributed by atoms with van der Waals surface area (Å²) in [6.45, 7) is 0. The molecule has 54 valence electrons. The molecule has 0 spiro atoms. The van der Waals surface area contributed by atoms with E-state index < -0.39 is 17.2 Å². The Kier molecular flexibility index (Phi) is 4.35. The molecule has 0 aliphatic rings. The summed E-state index contributed by atoms with van der Waals surface area (Å²) in [6.07, 6.45) is 0. The molecular weight excluding hydrogens is 172 g/mol. The molecule has 0 rings (SSSR count). The zero-order valence-corrected chi connectivity index (χ0v) is 9.87. The quantitative estimate of drug-likeness (QED) is 0.463. The van der Waals surface area contributed by atoms with Crippen LogP contribution in [0.2, 0.25) is 0 Å². The largest absolute Gasteiger partial charge is 0.526 e. The van der Waals surface area contributed by atoms with Gasteiger partial charge in [-0.1, -0.05) is 0 Å². The smallest absolute Gasteiger partial charge is 0.423 e. The van der Waals surface area contributed by atoms with Crippen molar-refractivity contribution in [1.29, 1.82) is 0 Å². The van der Waals surface area contributed by atoms with Gasteiger partial charge in [0.25, 0.3) is 0 Å². The van der Waals surface area contributed by atoms with Crippen molar-refractivity contribution in [3.05, 3.63) is 0 Å². The van der Waals surface area contributed by atoms with Crippen LogP contribution in [0.1, 0.15) is 0 Å². The lowest BCUT2D eigenvalue weighted by Gasteiger charge is -2.17. The Morgan fingerprint density at radius 1 is 1.44 bits per heavy atom. The van der Waals surface area contributed by atoms with E-state index in [1.54, 1.807) is 0 Å². The fraction of sp³-hybridized carbons (Fsp3) is 1.00. The van der Waals surface area contributed by atoms with Gasteiger partial charge in [0.05, 0.1) is 0 Å². The summed E-state index contributed by atoms with van der Waals surface area (Å²) in [7, 11) is -0.253. The normalized spacial score (nSPS) is 11.8. The minimum Gasteiger partial charge on any atom is -0.423 e. The maximum atomic E-state index is 10.4. The minimum absolute atomic E-state index is 0.508. The number of rotatable bonds is 4. The second-order valence-electron chi connectivity index (χ2n) is 1.33. The van der Waals surface area contributed by atoms with Gasteiger partial charge in [0.1, 0.15) is 10.5 Å². The highest BCUT2D eigenvalue weighted by Gasteiger charge is 2.37. The van der Waals surface area contributed by atoms with Crippen LogP contribution in [0.5, 0.6) is 0 Å². The van der Waals surface area contributed by atoms with E-state index in [4.69, 9.17) is 13.0 Å². The molecule has 0 bridgehead atoms. The molecule has 0 atom stereocenters. The van der Waals surface area contributed by atoms with Gasteiger partial charge < -0.3 is 17.4 Å². The Morgan fingerprint density at radius 2 is 1.89 bits per heavy atom.